The number of hydrogen-bond acceptors (Lipinski definition) is 5. The van der Waals surface area contributed by atoms with Gasteiger partial charge < -0.3 is 15.7 Å². The molecule has 1 saturated heterocycles. The van der Waals surface area contributed by atoms with E-state index in [0.717, 1.165) is 21.0 Å². The molecule has 0 unspecified atom stereocenters. The molecular formula is C14H18N4O2S. The molecule has 1 amide bonds. The predicted molar refractivity (Wildman–Crippen MR) is 85.0 cm³/mol. The molecular weight excluding hydrogens is 288 g/mol. The highest BCUT2D eigenvalue weighted by atomic mass is 32.1. The Labute approximate surface area is 126 Å². The van der Waals surface area contributed by atoms with Crippen molar-refractivity contribution >= 4 is 38.5 Å². The van der Waals surface area contributed by atoms with E-state index in [1.165, 1.54) is 4.90 Å². The van der Waals surface area contributed by atoms with Crippen LogP contribution >= 0.6 is 11.3 Å². The van der Waals surface area contributed by atoms with E-state index < -0.39 is 6.09 Å². The van der Waals surface area contributed by atoms with E-state index in [-0.39, 0.29) is 12.1 Å². The first-order chi connectivity index (χ1) is 9.95. The summed E-state index contributed by atoms with van der Waals surface area (Å²) in [6.07, 6.45) is -0.855. The minimum absolute atomic E-state index is 0.0525. The number of amides is 1. The van der Waals surface area contributed by atoms with Crippen LogP contribution in [0.3, 0.4) is 0 Å². The lowest BCUT2D eigenvalue weighted by molar-refractivity contribution is 0.0982. The zero-order chi connectivity index (χ0) is 15.1. The fraction of sp³-hybridized carbons (Fsp3) is 0.429. The molecule has 3 rings (SSSR count). The maximum Gasteiger partial charge on any atom is 0.407 e. The number of nitrogens with two attached hydrogens (primary N) is 1. The Kier molecular flexibility index (Phi) is 3.36. The number of carboxylic acid groups (broad SMARTS) is 1. The first-order valence-corrected chi connectivity index (χ1v) is 7.69. The van der Waals surface area contributed by atoms with E-state index in [2.05, 4.69) is 9.88 Å². The van der Waals surface area contributed by atoms with Crippen molar-refractivity contribution < 1.29 is 9.90 Å². The molecule has 1 aliphatic rings. The summed E-state index contributed by atoms with van der Waals surface area (Å²) < 4.78 is 1.06. The van der Waals surface area contributed by atoms with Gasteiger partial charge in [-0.15, -0.1) is 0 Å². The van der Waals surface area contributed by atoms with Crippen LogP contribution in [0.25, 0.3) is 10.2 Å². The minimum Gasteiger partial charge on any atom is -0.465 e. The van der Waals surface area contributed by atoms with Gasteiger partial charge >= 0.3 is 6.09 Å². The van der Waals surface area contributed by atoms with Crippen molar-refractivity contribution in [2.45, 2.75) is 25.9 Å². The van der Waals surface area contributed by atoms with Gasteiger partial charge in [0.05, 0.1) is 22.3 Å². The van der Waals surface area contributed by atoms with Crippen LogP contribution in [0.5, 0.6) is 0 Å². The summed E-state index contributed by atoms with van der Waals surface area (Å²) in [7, 11) is 0. The highest BCUT2D eigenvalue weighted by Crippen LogP contribution is 2.32. The molecule has 1 fully saturated rings. The smallest absolute Gasteiger partial charge is 0.407 e. The van der Waals surface area contributed by atoms with E-state index in [1.807, 2.05) is 32.0 Å². The van der Waals surface area contributed by atoms with Crippen molar-refractivity contribution in [2.24, 2.45) is 0 Å². The molecule has 112 valence electrons. The lowest BCUT2D eigenvalue weighted by Crippen LogP contribution is -2.58. The summed E-state index contributed by atoms with van der Waals surface area (Å²) in [6.45, 7) is 5.18. The van der Waals surface area contributed by atoms with Gasteiger partial charge in [-0.1, -0.05) is 11.3 Å². The topological polar surface area (TPSA) is 82.7 Å². The Bertz CT molecular complexity index is 675. The van der Waals surface area contributed by atoms with Gasteiger partial charge in [0.1, 0.15) is 0 Å². The van der Waals surface area contributed by atoms with Crippen molar-refractivity contribution in [3.05, 3.63) is 18.2 Å². The number of rotatable bonds is 1. The number of nitrogens with zero attached hydrogens (tertiary/aromatic N) is 3. The molecule has 0 bridgehead atoms. The van der Waals surface area contributed by atoms with Crippen molar-refractivity contribution in [1.82, 2.24) is 9.88 Å². The van der Waals surface area contributed by atoms with Gasteiger partial charge in [0.2, 0.25) is 0 Å². The van der Waals surface area contributed by atoms with Crippen LogP contribution in [0, 0.1) is 0 Å². The van der Waals surface area contributed by atoms with Gasteiger partial charge in [-0.25, -0.2) is 9.78 Å². The molecule has 1 aromatic heterocycles. The van der Waals surface area contributed by atoms with Crippen molar-refractivity contribution in [1.29, 1.82) is 0 Å². The van der Waals surface area contributed by atoms with Gasteiger partial charge in [-0.3, -0.25) is 4.90 Å². The molecule has 1 aliphatic heterocycles. The number of piperazine rings is 1. The normalized spacial score (nSPS) is 22.8. The van der Waals surface area contributed by atoms with Gasteiger partial charge in [0.15, 0.2) is 5.13 Å². The Morgan fingerprint density at radius 3 is 2.67 bits per heavy atom. The van der Waals surface area contributed by atoms with Crippen LogP contribution in [-0.2, 0) is 0 Å². The van der Waals surface area contributed by atoms with E-state index >= 15 is 0 Å². The number of nitrogen functional groups attached to an aromatic ring is 1. The average Bonchev–Trinajstić information content (AvgIpc) is 2.80. The highest BCUT2D eigenvalue weighted by molar-refractivity contribution is 7.22. The molecule has 7 heteroatoms. The molecule has 0 radical (unpaired) electrons. The average molecular weight is 306 g/mol. The first kappa shape index (κ1) is 13.9. The Morgan fingerprint density at radius 2 is 2.05 bits per heavy atom. The lowest BCUT2D eigenvalue weighted by atomic mass is 10.1. The van der Waals surface area contributed by atoms with Crippen molar-refractivity contribution in [2.75, 3.05) is 23.7 Å². The second-order valence-corrected chi connectivity index (χ2v) is 6.53. The molecule has 2 heterocycles. The molecule has 6 nitrogen and oxygen atoms in total. The van der Waals surface area contributed by atoms with E-state index in [9.17, 15) is 9.90 Å². The van der Waals surface area contributed by atoms with Gasteiger partial charge in [0.25, 0.3) is 0 Å². The largest absolute Gasteiger partial charge is 0.465 e. The molecule has 0 saturated carbocycles. The zero-order valence-corrected chi connectivity index (χ0v) is 12.8. The highest BCUT2D eigenvalue weighted by Gasteiger charge is 2.33. The number of benzene rings is 1. The second-order valence-electron chi connectivity index (χ2n) is 5.52. The van der Waals surface area contributed by atoms with Crippen molar-refractivity contribution in [3.8, 4) is 0 Å². The first-order valence-electron chi connectivity index (χ1n) is 6.88. The van der Waals surface area contributed by atoms with Crippen LogP contribution in [0.4, 0.5) is 15.6 Å². The number of thiazole rings is 1. The maximum absolute atomic E-state index is 11.3. The molecule has 2 aromatic rings. The summed E-state index contributed by atoms with van der Waals surface area (Å²) in [5.41, 5.74) is 7.47. The van der Waals surface area contributed by atoms with Crippen LogP contribution in [-0.4, -0.2) is 46.3 Å². The van der Waals surface area contributed by atoms with Gasteiger partial charge in [-0.05, 0) is 32.0 Å². The third kappa shape index (κ3) is 2.49. The number of fused-ring (bicyclic) bond motifs is 1. The summed E-state index contributed by atoms with van der Waals surface area (Å²) in [4.78, 5) is 19.6. The fourth-order valence-corrected chi connectivity index (χ4v) is 3.95. The van der Waals surface area contributed by atoms with Gasteiger partial charge in [-0.2, -0.15) is 0 Å². The summed E-state index contributed by atoms with van der Waals surface area (Å²) in [6, 6.07) is 5.59. The second kappa shape index (κ2) is 5.07. The van der Waals surface area contributed by atoms with Crippen molar-refractivity contribution in [3.63, 3.8) is 0 Å². The lowest BCUT2D eigenvalue weighted by Gasteiger charge is -2.42. The zero-order valence-electron chi connectivity index (χ0n) is 12.0. The minimum atomic E-state index is -0.855. The van der Waals surface area contributed by atoms with E-state index in [1.54, 1.807) is 11.3 Å². The van der Waals surface area contributed by atoms with Crippen LogP contribution in [0.2, 0.25) is 0 Å². The Morgan fingerprint density at radius 1 is 1.38 bits per heavy atom. The number of anilines is 2. The number of carbonyl (C=O) groups is 1. The maximum atomic E-state index is 11.3. The van der Waals surface area contributed by atoms with E-state index in [4.69, 9.17) is 5.73 Å². The molecule has 1 aromatic carbocycles. The molecule has 2 atom stereocenters. The summed E-state index contributed by atoms with van der Waals surface area (Å²) in [5.74, 6) is 0. The number of hydrogen-bond donors (Lipinski definition) is 2. The van der Waals surface area contributed by atoms with Crippen LogP contribution in [0.1, 0.15) is 13.8 Å². The summed E-state index contributed by atoms with van der Waals surface area (Å²) >= 11 is 1.60. The third-order valence-corrected chi connectivity index (χ3v) is 4.89. The Balaban J connectivity index is 1.88. The van der Waals surface area contributed by atoms with Crippen LogP contribution < -0.4 is 10.6 Å². The molecule has 0 spiro atoms. The molecule has 3 N–H and O–H groups in total. The van der Waals surface area contributed by atoms with Gasteiger partial charge in [0, 0.05) is 18.8 Å². The standard InChI is InChI=1S/C14H18N4O2S/c1-8-6-17(7-9(2)18(8)14(19)20)13-16-11-4-3-10(15)5-12(11)21-13/h3-5,8-9H,6-7,15H2,1-2H3,(H,19,20)/t8-,9+. The molecule has 0 aliphatic carbocycles. The SMILES string of the molecule is C[C@@H]1CN(c2nc3ccc(N)cc3s2)C[C@H](C)N1C(=O)O. The molecule has 21 heavy (non-hydrogen) atoms. The van der Waals surface area contributed by atoms with Crippen LogP contribution in [0.15, 0.2) is 18.2 Å². The third-order valence-electron chi connectivity index (χ3n) is 3.81. The fourth-order valence-electron chi connectivity index (χ4n) is 2.92. The number of aromatic nitrogens is 1. The quantitative estimate of drug-likeness (QED) is 0.791. The monoisotopic (exact) mass is 306 g/mol. The summed E-state index contributed by atoms with van der Waals surface area (Å²) in [5, 5.41) is 10.2. The Hall–Kier alpha value is -2.02. The van der Waals surface area contributed by atoms with E-state index in [0.29, 0.717) is 13.1 Å². The predicted octanol–water partition coefficient (Wildman–Crippen LogP) is 2.46.